The highest BCUT2D eigenvalue weighted by molar-refractivity contribution is 5.93. The SMILES string of the molecule is CC(NC(=O)Nc1ccccc1)C(=O)N1CCNCC1c1cccnc1. The van der Waals surface area contributed by atoms with Gasteiger partial charge in [0.1, 0.15) is 6.04 Å². The molecule has 1 fully saturated rings. The highest BCUT2D eigenvalue weighted by Gasteiger charge is 2.31. The van der Waals surface area contributed by atoms with Gasteiger partial charge in [0.2, 0.25) is 5.91 Å². The topological polar surface area (TPSA) is 86.4 Å². The molecule has 3 amide bonds. The van der Waals surface area contributed by atoms with Gasteiger partial charge in [0, 0.05) is 37.7 Å². The first-order chi connectivity index (χ1) is 12.6. The third kappa shape index (κ3) is 4.37. The van der Waals surface area contributed by atoms with Crippen molar-refractivity contribution in [2.24, 2.45) is 0 Å². The number of hydrogen-bond acceptors (Lipinski definition) is 4. The zero-order valence-electron chi connectivity index (χ0n) is 14.7. The Morgan fingerprint density at radius 2 is 2.04 bits per heavy atom. The average Bonchev–Trinajstić information content (AvgIpc) is 2.68. The fraction of sp³-hybridized carbons (Fsp3) is 0.316. The molecule has 7 nitrogen and oxygen atoms in total. The highest BCUT2D eigenvalue weighted by atomic mass is 16.2. The molecule has 2 aromatic rings. The van der Waals surface area contributed by atoms with Crippen LogP contribution in [0.5, 0.6) is 0 Å². The van der Waals surface area contributed by atoms with Crippen LogP contribution in [0.15, 0.2) is 54.9 Å². The number of benzene rings is 1. The molecule has 1 saturated heterocycles. The summed E-state index contributed by atoms with van der Waals surface area (Å²) >= 11 is 0. The number of anilines is 1. The number of hydrogen-bond donors (Lipinski definition) is 3. The monoisotopic (exact) mass is 353 g/mol. The summed E-state index contributed by atoms with van der Waals surface area (Å²) in [6, 6.07) is 11.8. The van der Waals surface area contributed by atoms with E-state index in [4.69, 9.17) is 0 Å². The predicted molar refractivity (Wildman–Crippen MR) is 99.6 cm³/mol. The molecular formula is C19H23N5O2. The van der Waals surface area contributed by atoms with Crippen LogP contribution < -0.4 is 16.0 Å². The lowest BCUT2D eigenvalue weighted by atomic mass is 10.0. The van der Waals surface area contributed by atoms with Crippen LogP contribution in [0.25, 0.3) is 0 Å². The average molecular weight is 353 g/mol. The first-order valence-electron chi connectivity index (χ1n) is 8.69. The Bertz CT molecular complexity index is 738. The fourth-order valence-electron chi connectivity index (χ4n) is 3.03. The maximum absolute atomic E-state index is 12.9. The third-order valence-corrected chi connectivity index (χ3v) is 4.35. The number of carbonyl (C=O) groups excluding carboxylic acids is 2. The van der Waals surface area contributed by atoms with Crippen molar-refractivity contribution in [1.29, 1.82) is 0 Å². The number of aromatic nitrogens is 1. The summed E-state index contributed by atoms with van der Waals surface area (Å²) in [6.45, 7) is 3.69. The van der Waals surface area contributed by atoms with Gasteiger partial charge >= 0.3 is 6.03 Å². The molecule has 3 N–H and O–H groups in total. The van der Waals surface area contributed by atoms with E-state index < -0.39 is 12.1 Å². The molecule has 7 heteroatoms. The summed E-state index contributed by atoms with van der Waals surface area (Å²) in [5, 5.41) is 8.76. The summed E-state index contributed by atoms with van der Waals surface area (Å²) in [6.07, 6.45) is 3.49. The third-order valence-electron chi connectivity index (χ3n) is 4.35. The van der Waals surface area contributed by atoms with Gasteiger partial charge < -0.3 is 20.9 Å². The first-order valence-corrected chi connectivity index (χ1v) is 8.69. The molecule has 0 aliphatic carbocycles. The molecule has 2 atom stereocenters. The second-order valence-corrected chi connectivity index (χ2v) is 6.22. The normalized spacial score (nSPS) is 18.0. The Balaban J connectivity index is 1.63. The minimum atomic E-state index is -0.629. The van der Waals surface area contributed by atoms with Gasteiger partial charge in [-0.3, -0.25) is 9.78 Å². The predicted octanol–water partition coefficient (Wildman–Crippen LogP) is 1.76. The Labute approximate surface area is 152 Å². The number of piperazine rings is 1. The Hall–Kier alpha value is -2.93. The minimum absolute atomic E-state index is 0.0913. The molecule has 3 rings (SSSR count). The van der Waals surface area contributed by atoms with Crippen molar-refractivity contribution in [3.05, 3.63) is 60.4 Å². The van der Waals surface area contributed by atoms with Crippen LogP contribution in [0.4, 0.5) is 10.5 Å². The van der Waals surface area contributed by atoms with Gasteiger partial charge in [0.15, 0.2) is 0 Å². The minimum Gasteiger partial charge on any atom is -0.331 e. The van der Waals surface area contributed by atoms with E-state index in [9.17, 15) is 9.59 Å². The molecule has 2 unspecified atom stereocenters. The van der Waals surface area contributed by atoms with E-state index in [1.807, 2.05) is 30.3 Å². The van der Waals surface area contributed by atoms with Gasteiger partial charge in [-0.05, 0) is 30.7 Å². The van der Waals surface area contributed by atoms with E-state index in [0.717, 1.165) is 12.1 Å². The van der Waals surface area contributed by atoms with Crippen molar-refractivity contribution in [3.63, 3.8) is 0 Å². The maximum atomic E-state index is 12.9. The number of pyridine rings is 1. The summed E-state index contributed by atoms with van der Waals surface area (Å²) in [5.41, 5.74) is 1.66. The number of para-hydroxylation sites is 1. The van der Waals surface area contributed by atoms with Crippen LogP contribution in [0.1, 0.15) is 18.5 Å². The molecule has 136 valence electrons. The summed E-state index contributed by atoms with van der Waals surface area (Å²) in [4.78, 5) is 31.0. The lowest BCUT2D eigenvalue weighted by Crippen LogP contribution is -2.54. The van der Waals surface area contributed by atoms with Gasteiger partial charge in [-0.2, -0.15) is 0 Å². The van der Waals surface area contributed by atoms with Crippen molar-refractivity contribution in [3.8, 4) is 0 Å². The van der Waals surface area contributed by atoms with Crippen LogP contribution in [-0.2, 0) is 4.79 Å². The Kier molecular flexibility index (Phi) is 5.80. The first kappa shape index (κ1) is 17.9. The van der Waals surface area contributed by atoms with E-state index in [-0.39, 0.29) is 11.9 Å². The smallest absolute Gasteiger partial charge is 0.319 e. The summed E-state index contributed by atoms with van der Waals surface area (Å²) in [5.74, 6) is -0.108. The summed E-state index contributed by atoms with van der Waals surface area (Å²) < 4.78 is 0. The van der Waals surface area contributed by atoms with Crippen molar-refractivity contribution in [2.45, 2.75) is 19.0 Å². The van der Waals surface area contributed by atoms with Crippen LogP contribution in [0, 0.1) is 0 Å². The molecule has 1 aromatic carbocycles. The molecular weight excluding hydrogens is 330 g/mol. The van der Waals surface area contributed by atoms with E-state index in [1.165, 1.54) is 0 Å². The van der Waals surface area contributed by atoms with Gasteiger partial charge in [-0.25, -0.2) is 4.79 Å². The second-order valence-electron chi connectivity index (χ2n) is 6.22. The van der Waals surface area contributed by atoms with Gasteiger partial charge in [0.25, 0.3) is 0 Å². The molecule has 0 saturated carbocycles. The van der Waals surface area contributed by atoms with Gasteiger partial charge in [-0.1, -0.05) is 24.3 Å². The van der Waals surface area contributed by atoms with Crippen molar-refractivity contribution in [1.82, 2.24) is 20.5 Å². The zero-order chi connectivity index (χ0) is 18.4. The van der Waals surface area contributed by atoms with Gasteiger partial charge in [-0.15, -0.1) is 0 Å². The largest absolute Gasteiger partial charge is 0.331 e. The molecule has 0 radical (unpaired) electrons. The highest BCUT2D eigenvalue weighted by Crippen LogP contribution is 2.22. The number of nitrogens with one attached hydrogen (secondary N) is 3. The molecule has 1 aromatic heterocycles. The molecule has 26 heavy (non-hydrogen) atoms. The summed E-state index contributed by atoms with van der Waals surface area (Å²) in [7, 11) is 0. The lowest BCUT2D eigenvalue weighted by molar-refractivity contribution is -0.136. The van der Waals surface area contributed by atoms with Crippen LogP contribution >= 0.6 is 0 Å². The lowest BCUT2D eigenvalue weighted by Gasteiger charge is -2.37. The quantitative estimate of drug-likeness (QED) is 0.782. The number of urea groups is 1. The van der Waals surface area contributed by atoms with E-state index in [2.05, 4.69) is 20.9 Å². The molecule has 2 heterocycles. The van der Waals surface area contributed by atoms with Gasteiger partial charge in [0.05, 0.1) is 6.04 Å². The Morgan fingerprint density at radius 3 is 2.77 bits per heavy atom. The molecule has 1 aliphatic rings. The molecule has 0 bridgehead atoms. The standard InChI is InChI=1S/C19H23N5O2/c1-14(22-19(26)23-16-7-3-2-4-8-16)18(25)24-11-10-21-13-17(24)15-6-5-9-20-12-15/h2-9,12,14,17,21H,10-11,13H2,1H3,(H2,22,23,26). The molecule has 1 aliphatic heterocycles. The second kappa shape index (κ2) is 8.44. The van der Waals surface area contributed by atoms with Crippen molar-refractivity contribution < 1.29 is 9.59 Å². The van der Waals surface area contributed by atoms with Crippen LogP contribution in [-0.4, -0.2) is 47.5 Å². The number of nitrogens with zero attached hydrogens (tertiary/aromatic N) is 2. The fourth-order valence-corrected chi connectivity index (χ4v) is 3.03. The molecule has 0 spiro atoms. The van der Waals surface area contributed by atoms with Crippen LogP contribution in [0.3, 0.4) is 0 Å². The number of amides is 3. The Morgan fingerprint density at radius 1 is 1.23 bits per heavy atom. The maximum Gasteiger partial charge on any atom is 0.319 e. The van der Waals surface area contributed by atoms with E-state index >= 15 is 0 Å². The van der Waals surface area contributed by atoms with Crippen LogP contribution in [0.2, 0.25) is 0 Å². The van der Waals surface area contributed by atoms with Crippen molar-refractivity contribution >= 4 is 17.6 Å². The number of rotatable bonds is 4. The number of carbonyl (C=O) groups is 2. The van der Waals surface area contributed by atoms with Crippen molar-refractivity contribution in [2.75, 3.05) is 25.0 Å². The van der Waals surface area contributed by atoms with E-state index in [1.54, 1.807) is 36.4 Å². The zero-order valence-corrected chi connectivity index (χ0v) is 14.7. The van der Waals surface area contributed by atoms with E-state index in [0.29, 0.717) is 18.8 Å².